The van der Waals surface area contributed by atoms with Crippen LogP contribution in [-0.4, -0.2) is 40.3 Å². The second kappa shape index (κ2) is 6.69. The van der Waals surface area contributed by atoms with Gasteiger partial charge in [0.1, 0.15) is 0 Å². The Morgan fingerprint density at radius 1 is 1.42 bits per heavy atom. The zero-order valence-electron chi connectivity index (χ0n) is 14.0. The highest BCUT2D eigenvalue weighted by atomic mass is 32.1. The van der Waals surface area contributed by atoms with Crippen LogP contribution in [0.4, 0.5) is 0 Å². The summed E-state index contributed by atoms with van der Waals surface area (Å²) in [7, 11) is 1.98. The molecule has 4 rings (SSSR count). The lowest BCUT2D eigenvalue weighted by atomic mass is 9.96. The van der Waals surface area contributed by atoms with Crippen molar-refractivity contribution in [2.24, 2.45) is 13.0 Å². The van der Waals surface area contributed by atoms with Crippen molar-refractivity contribution in [1.29, 1.82) is 0 Å². The van der Waals surface area contributed by atoms with E-state index in [1.54, 1.807) is 11.3 Å². The molecule has 1 saturated carbocycles. The zero-order valence-corrected chi connectivity index (χ0v) is 14.8. The quantitative estimate of drug-likeness (QED) is 0.808. The summed E-state index contributed by atoms with van der Waals surface area (Å²) < 4.78 is 7.88. The van der Waals surface area contributed by atoms with E-state index >= 15 is 0 Å². The van der Waals surface area contributed by atoms with Crippen LogP contribution in [0.1, 0.15) is 34.9 Å². The normalized spacial score (nSPS) is 20.2. The maximum atomic E-state index is 12.7. The highest BCUT2D eigenvalue weighted by Gasteiger charge is 2.32. The van der Waals surface area contributed by atoms with E-state index in [4.69, 9.17) is 4.74 Å². The molecular weight excluding hydrogens is 322 g/mol. The summed E-state index contributed by atoms with van der Waals surface area (Å²) in [6, 6.07) is 4.02. The molecule has 1 atom stereocenters. The Bertz CT molecular complexity index is 706. The summed E-state index contributed by atoms with van der Waals surface area (Å²) in [6.45, 7) is 2.91. The summed E-state index contributed by atoms with van der Waals surface area (Å²) >= 11 is 1.64. The van der Waals surface area contributed by atoms with Gasteiger partial charge in [-0.15, -0.1) is 11.3 Å². The molecular formula is C18H23N3O2S. The van der Waals surface area contributed by atoms with E-state index in [9.17, 15) is 4.79 Å². The minimum Gasteiger partial charge on any atom is -0.380 e. The number of hydrogen-bond donors (Lipinski definition) is 0. The number of carbonyl (C=O) groups excluding carboxylic acids is 1. The van der Waals surface area contributed by atoms with Crippen molar-refractivity contribution in [3.05, 3.63) is 39.8 Å². The largest absolute Gasteiger partial charge is 0.380 e. The maximum Gasteiger partial charge on any atom is 0.228 e. The number of aromatic nitrogens is 2. The molecule has 3 heterocycles. The number of fused-ring (bicyclic) bond motifs is 1. The Hall–Kier alpha value is -1.66. The predicted octanol–water partition coefficient (Wildman–Crippen LogP) is 2.58. The first-order valence-corrected chi connectivity index (χ1v) is 9.47. The van der Waals surface area contributed by atoms with Crippen molar-refractivity contribution in [3.8, 4) is 0 Å². The molecule has 1 aliphatic heterocycles. The Morgan fingerprint density at radius 3 is 3.04 bits per heavy atom. The molecule has 0 spiro atoms. The smallest absolute Gasteiger partial charge is 0.228 e. The van der Waals surface area contributed by atoms with Crippen LogP contribution in [0.5, 0.6) is 0 Å². The van der Waals surface area contributed by atoms with Crippen molar-refractivity contribution in [3.63, 3.8) is 0 Å². The number of rotatable bonds is 6. The second-order valence-corrected chi connectivity index (χ2v) is 7.92. The van der Waals surface area contributed by atoms with Crippen LogP contribution in [0.15, 0.2) is 23.7 Å². The predicted molar refractivity (Wildman–Crippen MR) is 92.9 cm³/mol. The van der Waals surface area contributed by atoms with Gasteiger partial charge in [0.05, 0.1) is 24.9 Å². The van der Waals surface area contributed by atoms with Gasteiger partial charge in [-0.1, -0.05) is 6.07 Å². The standard InChI is InChI=1S/C18H23N3O2S/c1-20-18-14(8-19-20)9-21(17(22)7-16-3-2-6-24-16)10-15(18)12-23-11-13-4-5-13/h2-3,6,8,13,15H,4-5,7,9-12H2,1H3/t15-/m0/s1. The molecule has 24 heavy (non-hydrogen) atoms. The Labute approximate surface area is 146 Å². The van der Waals surface area contributed by atoms with E-state index < -0.39 is 0 Å². The van der Waals surface area contributed by atoms with Gasteiger partial charge in [0.15, 0.2) is 0 Å². The van der Waals surface area contributed by atoms with Gasteiger partial charge in [-0.25, -0.2) is 0 Å². The fourth-order valence-corrected chi connectivity index (χ4v) is 4.12. The molecule has 2 aliphatic rings. The van der Waals surface area contributed by atoms with E-state index in [1.807, 2.05) is 40.3 Å². The molecule has 1 aliphatic carbocycles. The highest BCUT2D eigenvalue weighted by Crippen LogP contribution is 2.31. The van der Waals surface area contributed by atoms with Crippen LogP contribution in [-0.2, 0) is 29.5 Å². The molecule has 0 radical (unpaired) electrons. The molecule has 0 unspecified atom stereocenters. The SMILES string of the molecule is Cn1ncc2c1[C@H](COCC1CC1)CN(C(=O)Cc1cccs1)C2. The van der Waals surface area contributed by atoms with Gasteiger partial charge in [-0.3, -0.25) is 9.48 Å². The molecule has 0 N–H and O–H groups in total. The van der Waals surface area contributed by atoms with E-state index in [1.165, 1.54) is 18.5 Å². The van der Waals surface area contributed by atoms with Crippen LogP contribution in [0, 0.1) is 5.92 Å². The molecule has 2 aromatic rings. The van der Waals surface area contributed by atoms with E-state index in [2.05, 4.69) is 5.10 Å². The van der Waals surface area contributed by atoms with Crippen LogP contribution in [0.3, 0.4) is 0 Å². The van der Waals surface area contributed by atoms with Gasteiger partial charge in [0, 0.05) is 43.1 Å². The number of thiophene rings is 1. The van der Waals surface area contributed by atoms with Crippen LogP contribution in [0.25, 0.3) is 0 Å². The number of nitrogens with zero attached hydrogens (tertiary/aromatic N) is 3. The average molecular weight is 345 g/mol. The number of aryl methyl sites for hydroxylation is 1. The highest BCUT2D eigenvalue weighted by molar-refractivity contribution is 7.10. The Morgan fingerprint density at radius 2 is 2.29 bits per heavy atom. The van der Waals surface area contributed by atoms with Gasteiger partial charge in [-0.2, -0.15) is 5.10 Å². The fourth-order valence-electron chi connectivity index (χ4n) is 3.42. The molecule has 0 bridgehead atoms. The summed E-state index contributed by atoms with van der Waals surface area (Å²) in [5.41, 5.74) is 2.38. The fraction of sp³-hybridized carbons (Fsp3) is 0.556. The maximum absolute atomic E-state index is 12.7. The molecule has 5 nitrogen and oxygen atoms in total. The topological polar surface area (TPSA) is 47.4 Å². The van der Waals surface area contributed by atoms with Gasteiger partial charge < -0.3 is 9.64 Å². The minimum absolute atomic E-state index is 0.194. The zero-order chi connectivity index (χ0) is 16.5. The third kappa shape index (κ3) is 3.39. The van der Waals surface area contributed by atoms with Gasteiger partial charge in [-0.05, 0) is 30.2 Å². The summed E-state index contributed by atoms with van der Waals surface area (Å²) in [5, 5.41) is 6.42. The molecule has 1 amide bonds. The first-order chi connectivity index (χ1) is 11.7. The number of hydrogen-bond acceptors (Lipinski definition) is 4. The van der Waals surface area contributed by atoms with Crippen molar-refractivity contribution in [2.75, 3.05) is 19.8 Å². The summed E-state index contributed by atoms with van der Waals surface area (Å²) in [5.74, 6) is 1.17. The number of ether oxygens (including phenoxy) is 1. The molecule has 0 saturated heterocycles. The number of amides is 1. The lowest BCUT2D eigenvalue weighted by Crippen LogP contribution is -2.40. The summed E-state index contributed by atoms with van der Waals surface area (Å²) in [4.78, 5) is 15.8. The third-order valence-electron chi connectivity index (χ3n) is 4.88. The first kappa shape index (κ1) is 15.8. The van der Waals surface area contributed by atoms with Crippen molar-refractivity contribution in [1.82, 2.24) is 14.7 Å². The van der Waals surface area contributed by atoms with Crippen LogP contribution >= 0.6 is 11.3 Å². The molecule has 2 aromatic heterocycles. The second-order valence-electron chi connectivity index (χ2n) is 6.89. The number of carbonyl (C=O) groups is 1. The van der Waals surface area contributed by atoms with Crippen molar-refractivity contribution < 1.29 is 9.53 Å². The van der Waals surface area contributed by atoms with Crippen LogP contribution in [0.2, 0.25) is 0 Å². The average Bonchev–Trinajstić information content (AvgIpc) is 3.10. The van der Waals surface area contributed by atoms with Gasteiger partial charge >= 0.3 is 0 Å². The Kier molecular flexibility index (Phi) is 4.41. The summed E-state index contributed by atoms with van der Waals surface area (Å²) in [6.07, 6.45) is 4.98. The van der Waals surface area contributed by atoms with Gasteiger partial charge in [0.2, 0.25) is 5.91 Å². The molecule has 6 heteroatoms. The van der Waals surface area contributed by atoms with E-state index in [0.29, 0.717) is 19.6 Å². The van der Waals surface area contributed by atoms with E-state index in [-0.39, 0.29) is 11.8 Å². The molecule has 1 fully saturated rings. The lowest BCUT2D eigenvalue weighted by Gasteiger charge is -2.33. The van der Waals surface area contributed by atoms with Crippen LogP contribution < -0.4 is 0 Å². The first-order valence-electron chi connectivity index (χ1n) is 8.59. The lowest BCUT2D eigenvalue weighted by molar-refractivity contribution is -0.132. The molecule has 0 aromatic carbocycles. The van der Waals surface area contributed by atoms with E-state index in [0.717, 1.165) is 29.5 Å². The third-order valence-corrected chi connectivity index (χ3v) is 5.76. The van der Waals surface area contributed by atoms with Crippen molar-refractivity contribution in [2.45, 2.75) is 31.7 Å². The van der Waals surface area contributed by atoms with Crippen molar-refractivity contribution >= 4 is 17.2 Å². The molecule has 128 valence electrons. The monoisotopic (exact) mass is 345 g/mol. The van der Waals surface area contributed by atoms with Gasteiger partial charge in [0.25, 0.3) is 0 Å². The minimum atomic E-state index is 0.194. The Balaban J connectivity index is 1.45.